The van der Waals surface area contributed by atoms with Crippen molar-refractivity contribution in [2.45, 2.75) is 6.04 Å². The highest BCUT2D eigenvalue weighted by Gasteiger charge is 2.22. The summed E-state index contributed by atoms with van der Waals surface area (Å²) < 4.78 is 38.1. The van der Waals surface area contributed by atoms with Gasteiger partial charge in [0.25, 0.3) is 0 Å². The summed E-state index contributed by atoms with van der Waals surface area (Å²) in [4.78, 5) is 0. The monoisotopic (exact) mass is 202 g/mol. The van der Waals surface area contributed by atoms with E-state index in [0.717, 1.165) is 0 Å². The van der Waals surface area contributed by atoms with Crippen LogP contribution in [-0.2, 0) is 0 Å². The second kappa shape index (κ2) is 3.55. The summed E-state index contributed by atoms with van der Waals surface area (Å²) in [5, 5.41) is 17.3. The molecule has 3 N–H and O–H groups in total. The maximum atomic E-state index is 13.0. The average Bonchev–Trinajstić information content (AvgIpc) is 2.14. The number of rotatable bonds is 1. The Morgan fingerprint density at radius 3 is 2.43 bits per heavy atom. The molecule has 0 aliphatic carbocycles. The number of nitrogens with zero attached hydrogens (tertiary/aromatic N) is 1. The van der Waals surface area contributed by atoms with Crippen molar-refractivity contribution in [1.29, 1.82) is 5.26 Å². The molecule has 1 aromatic carbocycles. The van der Waals surface area contributed by atoms with Gasteiger partial charge in [-0.3, -0.25) is 0 Å². The molecule has 3 nitrogen and oxygen atoms in total. The summed E-state index contributed by atoms with van der Waals surface area (Å²) in [6, 6.07) is 0.227. The smallest absolute Gasteiger partial charge is 0.195 e. The van der Waals surface area contributed by atoms with E-state index < -0.39 is 34.8 Å². The maximum absolute atomic E-state index is 13.0. The molecule has 0 bridgehead atoms. The maximum Gasteiger partial charge on any atom is 0.195 e. The summed E-state index contributed by atoms with van der Waals surface area (Å²) in [6.07, 6.45) is 0. The standard InChI is InChI=1S/C8H5F3N2O/c9-3-1-5(14)6(4(13)2-12)8(11)7(3)10/h1,4,14H,13H2. The molecule has 0 radical (unpaired) electrons. The molecule has 6 heteroatoms. The van der Waals surface area contributed by atoms with Crippen molar-refractivity contribution in [3.63, 3.8) is 0 Å². The van der Waals surface area contributed by atoms with Gasteiger partial charge in [-0.15, -0.1) is 0 Å². The molecule has 0 heterocycles. The van der Waals surface area contributed by atoms with E-state index in [9.17, 15) is 13.2 Å². The lowest BCUT2D eigenvalue weighted by molar-refractivity contribution is 0.406. The van der Waals surface area contributed by atoms with Gasteiger partial charge in [0.2, 0.25) is 0 Å². The van der Waals surface area contributed by atoms with Gasteiger partial charge in [-0.05, 0) is 0 Å². The van der Waals surface area contributed by atoms with Crippen molar-refractivity contribution in [3.8, 4) is 11.8 Å². The Bertz CT molecular complexity index is 414. The van der Waals surface area contributed by atoms with Crippen LogP contribution in [0, 0.1) is 28.8 Å². The Kier molecular flexibility index (Phi) is 2.63. The molecule has 1 atom stereocenters. The third-order valence-corrected chi connectivity index (χ3v) is 1.63. The molecule has 14 heavy (non-hydrogen) atoms. The number of halogens is 3. The fourth-order valence-corrected chi connectivity index (χ4v) is 0.957. The molecule has 1 aromatic rings. The van der Waals surface area contributed by atoms with E-state index in [1.807, 2.05) is 0 Å². The van der Waals surface area contributed by atoms with E-state index in [4.69, 9.17) is 16.1 Å². The first kappa shape index (κ1) is 10.3. The predicted octanol–water partition coefficient (Wildman–Crippen LogP) is 1.33. The fraction of sp³-hybridized carbons (Fsp3) is 0.125. The predicted molar refractivity (Wildman–Crippen MR) is 40.5 cm³/mol. The Balaban J connectivity index is 3.45. The number of hydrogen-bond acceptors (Lipinski definition) is 3. The molecule has 0 aliphatic heterocycles. The van der Waals surface area contributed by atoms with Gasteiger partial charge in [0, 0.05) is 6.07 Å². The first-order valence-corrected chi connectivity index (χ1v) is 3.50. The largest absolute Gasteiger partial charge is 0.507 e. The van der Waals surface area contributed by atoms with Crippen molar-refractivity contribution in [1.82, 2.24) is 0 Å². The number of nitrogens with two attached hydrogens (primary N) is 1. The van der Waals surface area contributed by atoms with Crippen LogP contribution in [0.5, 0.6) is 5.75 Å². The van der Waals surface area contributed by atoms with Crippen LogP contribution in [0.3, 0.4) is 0 Å². The van der Waals surface area contributed by atoms with Gasteiger partial charge in [-0.25, -0.2) is 13.2 Å². The van der Waals surface area contributed by atoms with Gasteiger partial charge < -0.3 is 10.8 Å². The fourth-order valence-electron chi connectivity index (χ4n) is 0.957. The normalized spacial score (nSPS) is 12.2. The van der Waals surface area contributed by atoms with Gasteiger partial charge in [0.05, 0.1) is 11.6 Å². The Hall–Kier alpha value is -1.74. The zero-order valence-electron chi connectivity index (χ0n) is 6.76. The molecule has 0 amide bonds. The van der Waals surface area contributed by atoms with Crippen LogP contribution in [0.2, 0.25) is 0 Å². The average molecular weight is 202 g/mol. The highest BCUT2D eigenvalue weighted by Crippen LogP contribution is 2.28. The molecule has 0 fully saturated rings. The van der Waals surface area contributed by atoms with Crippen LogP contribution in [0.15, 0.2) is 6.07 Å². The number of phenols is 1. The van der Waals surface area contributed by atoms with Crippen molar-refractivity contribution in [2.75, 3.05) is 0 Å². The molecule has 0 aliphatic rings. The molecular formula is C8H5F3N2O. The van der Waals surface area contributed by atoms with Gasteiger partial charge in [-0.2, -0.15) is 5.26 Å². The van der Waals surface area contributed by atoms with Crippen molar-refractivity contribution in [3.05, 3.63) is 29.1 Å². The topological polar surface area (TPSA) is 70.0 Å². The first-order chi connectivity index (χ1) is 6.49. The van der Waals surface area contributed by atoms with Crippen LogP contribution in [0.4, 0.5) is 13.2 Å². The highest BCUT2D eigenvalue weighted by molar-refractivity contribution is 5.39. The SMILES string of the molecule is N#CC(N)c1c(O)cc(F)c(F)c1F. The summed E-state index contributed by atoms with van der Waals surface area (Å²) in [5.74, 6) is -5.82. The highest BCUT2D eigenvalue weighted by atomic mass is 19.2. The lowest BCUT2D eigenvalue weighted by atomic mass is 10.1. The minimum atomic E-state index is -1.76. The molecule has 1 rings (SSSR count). The molecule has 0 spiro atoms. The number of hydrogen-bond donors (Lipinski definition) is 2. The van der Waals surface area contributed by atoms with E-state index in [-0.39, 0.29) is 0 Å². The van der Waals surface area contributed by atoms with E-state index in [1.54, 1.807) is 0 Å². The zero-order chi connectivity index (χ0) is 10.9. The molecule has 0 saturated carbocycles. The van der Waals surface area contributed by atoms with Crippen molar-refractivity contribution < 1.29 is 18.3 Å². The second-order valence-electron chi connectivity index (χ2n) is 2.53. The third kappa shape index (κ3) is 1.49. The van der Waals surface area contributed by atoms with E-state index in [2.05, 4.69) is 0 Å². The number of aromatic hydroxyl groups is 1. The summed E-state index contributed by atoms with van der Waals surface area (Å²) in [7, 11) is 0. The molecular weight excluding hydrogens is 197 g/mol. The van der Waals surface area contributed by atoms with Crippen LogP contribution in [0.1, 0.15) is 11.6 Å². The Morgan fingerprint density at radius 2 is 1.93 bits per heavy atom. The summed E-state index contributed by atoms with van der Waals surface area (Å²) >= 11 is 0. The number of nitriles is 1. The second-order valence-corrected chi connectivity index (χ2v) is 2.53. The number of phenolic OH excluding ortho intramolecular Hbond substituents is 1. The minimum absolute atomic E-state index is 0.366. The van der Waals surface area contributed by atoms with Gasteiger partial charge in [0.1, 0.15) is 11.8 Å². The first-order valence-electron chi connectivity index (χ1n) is 3.50. The van der Waals surface area contributed by atoms with Crippen molar-refractivity contribution in [2.24, 2.45) is 5.73 Å². The van der Waals surface area contributed by atoms with Crippen molar-refractivity contribution >= 4 is 0 Å². The van der Waals surface area contributed by atoms with Gasteiger partial charge in [0.15, 0.2) is 17.5 Å². The molecule has 0 aromatic heterocycles. The quantitative estimate of drug-likeness (QED) is 0.675. The van der Waals surface area contributed by atoms with Crippen LogP contribution in [0.25, 0.3) is 0 Å². The van der Waals surface area contributed by atoms with E-state index in [0.29, 0.717) is 6.07 Å². The van der Waals surface area contributed by atoms with Crippen LogP contribution < -0.4 is 5.73 Å². The molecule has 74 valence electrons. The summed E-state index contributed by atoms with van der Waals surface area (Å²) in [6.45, 7) is 0. The zero-order valence-corrected chi connectivity index (χ0v) is 6.76. The van der Waals surface area contributed by atoms with E-state index >= 15 is 0 Å². The van der Waals surface area contributed by atoms with E-state index in [1.165, 1.54) is 6.07 Å². The third-order valence-electron chi connectivity index (χ3n) is 1.63. The Morgan fingerprint density at radius 1 is 1.36 bits per heavy atom. The summed E-state index contributed by atoms with van der Waals surface area (Å²) in [5.41, 5.74) is 4.32. The van der Waals surface area contributed by atoms with Crippen LogP contribution in [-0.4, -0.2) is 5.11 Å². The van der Waals surface area contributed by atoms with Gasteiger partial charge >= 0.3 is 0 Å². The molecule has 0 saturated heterocycles. The molecule has 1 unspecified atom stereocenters. The van der Waals surface area contributed by atoms with Gasteiger partial charge in [-0.1, -0.05) is 0 Å². The number of benzene rings is 1. The lowest BCUT2D eigenvalue weighted by Crippen LogP contribution is -2.11. The van der Waals surface area contributed by atoms with Crippen LogP contribution >= 0.6 is 0 Å². The Labute approximate surface area is 77.2 Å². The lowest BCUT2D eigenvalue weighted by Gasteiger charge is -2.08. The minimum Gasteiger partial charge on any atom is -0.507 e.